The van der Waals surface area contributed by atoms with E-state index in [-0.39, 0.29) is 6.61 Å². The van der Waals surface area contributed by atoms with E-state index in [9.17, 15) is 9.59 Å². The van der Waals surface area contributed by atoms with Crippen molar-refractivity contribution in [3.63, 3.8) is 0 Å². The van der Waals surface area contributed by atoms with Gasteiger partial charge in [0, 0.05) is 0 Å². The number of esters is 1. The van der Waals surface area contributed by atoms with E-state index in [1.54, 1.807) is 25.1 Å². The lowest BCUT2D eigenvalue weighted by Crippen LogP contribution is -2.40. The maximum Gasteiger partial charge on any atom is 0.324 e. The molecule has 0 saturated carbocycles. The Hall–Kier alpha value is -1.69. The Bertz CT molecular complexity index is 542. The summed E-state index contributed by atoms with van der Waals surface area (Å²) in [5.41, 5.74) is -0.991. The standard InChI is InChI=1S/C14H16O5S/c1-3-17-12(15)14(2,13(16)20)9-4-5-10-11(8-9)19-7-6-18-10/h4-5,8H,3,6-7H2,1-2H3,(H,16,20). The molecule has 0 aromatic heterocycles. The molecule has 2 rings (SSSR count). The van der Waals surface area contributed by atoms with Crippen LogP contribution in [0.4, 0.5) is 0 Å². The molecule has 1 unspecified atom stereocenters. The van der Waals surface area contributed by atoms with Gasteiger partial charge < -0.3 is 14.2 Å². The van der Waals surface area contributed by atoms with Gasteiger partial charge in [-0.15, -0.1) is 12.6 Å². The monoisotopic (exact) mass is 296 g/mol. The molecule has 1 aliphatic rings. The molecule has 20 heavy (non-hydrogen) atoms. The van der Waals surface area contributed by atoms with Gasteiger partial charge in [-0.2, -0.15) is 0 Å². The minimum Gasteiger partial charge on any atom is -0.486 e. The third-order valence-corrected chi connectivity index (χ3v) is 3.68. The highest BCUT2D eigenvalue weighted by atomic mass is 32.1. The Morgan fingerprint density at radius 1 is 1.30 bits per heavy atom. The largest absolute Gasteiger partial charge is 0.486 e. The zero-order chi connectivity index (χ0) is 14.8. The number of carbonyl (C=O) groups is 2. The summed E-state index contributed by atoms with van der Waals surface area (Å²) in [5.74, 6) is 0.480. The van der Waals surface area contributed by atoms with Crippen LogP contribution in [0.25, 0.3) is 0 Å². The first kappa shape index (κ1) is 14.7. The summed E-state index contributed by atoms with van der Waals surface area (Å²) < 4.78 is 15.9. The van der Waals surface area contributed by atoms with Crippen molar-refractivity contribution in [2.45, 2.75) is 19.3 Å². The molecule has 0 aliphatic carbocycles. The normalized spacial score (nSPS) is 16.1. The van der Waals surface area contributed by atoms with E-state index in [1.807, 2.05) is 0 Å². The molecule has 1 atom stereocenters. The summed E-state index contributed by atoms with van der Waals surface area (Å²) in [5, 5.41) is -0.576. The predicted octanol–water partition coefficient (Wildman–Crippen LogP) is 1.73. The zero-order valence-electron chi connectivity index (χ0n) is 11.3. The second-order valence-electron chi connectivity index (χ2n) is 4.51. The molecule has 0 N–H and O–H groups in total. The van der Waals surface area contributed by atoms with E-state index in [1.165, 1.54) is 6.92 Å². The minimum atomic E-state index is -1.46. The molecule has 5 nitrogen and oxygen atoms in total. The molecule has 0 amide bonds. The van der Waals surface area contributed by atoms with Gasteiger partial charge in [-0.3, -0.25) is 9.59 Å². The van der Waals surface area contributed by atoms with Crippen molar-refractivity contribution in [2.24, 2.45) is 0 Å². The van der Waals surface area contributed by atoms with E-state index in [0.29, 0.717) is 30.3 Å². The molecule has 1 aliphatic heterocycles. The van der Waals surface area contributed by atoms with E-state index in [4.69, 9.17) is 14.2 Å². The highest BCUT2D eigenvalue weighted by Gasteiger charge is 2.43. The van der Waals surface area contributed by atoms with Crippen molar-refractivity contribution in [3.8, 4) is 11.5 Å². The average Bonchev–Trinajstić information content (AvgIpc) is 2.45. The van der Waals surface area contributed by atoms with Gasteiger partial charge in [0.1, 0.15) is 13.2 Å². The minimum absolute atomic E-state index is 0.194. The van der Waals surface area contributed by atoms with Crippen LogP contribution < -0.4 is 9.47 Å². The number of ether oxygens (including phenoxy) is 3. The molecule has 6 heteroatoms. The van der Waals surface area contributed by atoms with Crippen LogP contribution in [0, 0.1) is 0 Å². The first-order valence-corrected chi connectivity index (χ1v) is 6.75. The van der Waals surface area contributed by atoms with Gasteiger partial charge in [-0.05, 0) is 31.5 Å². The van der Waals surface area contributed by atoms with Crippen molar-refractivity contribution in [3.05, 3.63) is 23.8 Å². The maximum absolute atomic E-state index is 12.1. The Labute approximate surface area is 122 Å². The third-order valence-electron chi connectivity index (χ3n) is 3.23. The Kier molecular flexibility index (Phi) is 4.23. The molecule has 0 radical (unpaired) electrons. The van der Waals surface area contributed by atoms with Crippen LogP contribution >= 0.6 is 12.6 Å². The molecule has 108 valence electrons. The Balaban J connectivity index is 2.44. The molecule has 1 aromatic rings. The fourth-order valence-corrected chi connectivity index (χ4v) is 2.18. The second-order valence-corrected chi connectivity index (χ2v) is 4.92. The van der Waals surface area contributed by atoms with Crippen molar-refractivity contribution in [1.82, 2.24) is 0 Å². The lowest BCUT2D eigenvalue weighted by Gasteiger charge is -2.26. The predicted molar refractivity (Wildman–Crippen MR) is 75.4 cm³/mol. The number of thiol groups is 1. The summed E-state index contributed by atoms with van der Waals surface area (Å²) in [6.45, 7) is 4.28. The Morgan fingerprint density at radius 2 is 1.95 bits per heavy atom. The van der Waals surface area contributed by atoms with Crippen LogP contribution in [0.1, 0.15) is 19.4 Å². The molecule has 0 saturated heterocycles. The van der Waals surface area contributed by atoms with Crippen molar-refractivity contribution >= 4 is 23.7 Å². The van der Waals surface area contributed by atoms with Crippen LogP contribution in [0.15, 0.2) is 18.2 Å². The summed E-state index contributed by atoms with van der Waals surface area (Å²) >= 11 is 3.84. The van der Waals surface area contributed by atoms with Gasteiger partial charge in [0.15, 0.2) is 16.9 Å². The van der Waals surface area contributed by atoms with E-state index in [2.05, 4.69) is 12.6 Å². The van der Waals surface area contributed by atoms with Crippen molar-refractivity contribution in [1.29, 1.82) is 0 Å². The molecule has 0 spiro atoms. The molecule has 0 bridgehead atoms. The van der Waals surface area contributed by atoms with Crippen LogP contribution in [0.5, 0.6) is 11.5 Å². The van der Waals surface area contributed by atoms with Crippen molar-refractivity contribution in [2.75, 3.05) is 19.8 Å². The van der Waals surface area contributed by atoms with Crippen LogP contribution in [0.3, 0.4) is 0 Å². The molecular weight excluding hydrogens is 280 g/mol. The molecule has 1 heterocycles. The highest BCUT2D eigenvalue weighted by molar-refractivity contribution is 7.96. The first-order valence-electron chi connectivity index (χ1n) is 6.31. The van der Waals surface area contributed by atoms with Gasteiger partial charge in [0.2, 0.25) is 5.12 Å². The third kappa shape index (κ3) is 2.47. The molecule has 1 aromatic carbocycles. The van der Waals surface area contributed by atoms with Gasteiger partial charge in [0.05, 0.1) is 6.61 Å². The van der Waals surface area contributed by atoms with Crippen molar-refractivity contribution < 1.29 is 23.8 Å². The van der Waals surface area contributed by atoms with Gasteiger partial charge in [-0.25, -0.2) is 0 Å². The van der Waals surface area contributed by atoms with Crippen LogP contribution in [-0.4, -0.2) is 30.9 Å². The lowest BCUT2D eigenvalue weighted by molar-refractivity contribution is -0.151. The van der Waals surface area contributed by atoms with Gasteiger partial charge in [-0.1, -0.05) is 6.07 Å². The van der Waals surface area contributed by atoms with Gasteiger partial charge in [0.25, 0.3) is 0 Å². The van der Waals surface area contributed by atoms with E-state index in [0.717, 1.165) is 0 Å². The Morgan fingerprint density at radius 3 is 2.55 bits per heavy atom. The van der Waals surface area contributed by atoms with E-state index < -0.39 is 16.5 Å². The highest BCUT2D eigenvalue weighted by Crippen LogP contribution is 2.36. The quantitative estimate of drug-likeness (QED) is 0.521. The number of rotatable bonds is 4. The molecular formula is C14H16O5S. The first-order chi connectivity index (χ1) is 9.50. The lowest BCUT2D eigenvalue weighted by atomic mass is 9.83. The number of fused-ring (bicyclic) bond motifs is 1. The van der Waals surface area contributed by atoms with Gasteiger partial charge >= 0.3 is 5.97 Å². The average molecular weight is 296 g/mol. The summed E-state index contributed by atoms with van der Waals surface area (Å²) in [7, 11) is 0. The number of carbonyl (C=O) groups excluding carboxylic acids is 2. The number of hydrogen-bond acceptors (Lipinski definition) is 5. The number of hydrogen-bond donors (Lipinski definition) is 1. The zero-order valence-corrected chi connectivity index (χ0v) is 12.2. The summed E-state index contributed by atoms with van der Waals surface area (Å²) in [6.07, 6.45) is 0. The smallest absolute Gasteiger partial charge is 0.324 e. The van der Waals surface area contributed by atoms with E-state index >= 15 is 0 Å². The fraction of sp³-hybridized carbons (Fsp3) is 0.429. The topological polar surface area (TPSA) is 61.8 Å². The summed E-state index contributed by atoms with van der Waals surface area (Å²) in [4.78, 5) is 24.0. The number of benzene rings is 1. The maximum atomic E-state index is 12.1. The SMILES string of the molecule is CCOC(=O)C(C)(C(=O)S)c1ccc2c(c1)OCCO2. The fourth-order valence-electron chi connectivity index (χ4n) is 1.96. The second kappa shape index (κ2) is 5.75. The molecule has 0 fully saturated rings. The van der Waals surface area contributed by atoms with Crippen LogP contribution in [-0.2, 0) is 19.7 Å². The summed E-state index contributed by atoms with van der Waals surface area (Å²) in [6, 6.07) is 4.95. The van der Waals surface area contributed by atoms with Crippen LogP contribution in [0.2, 0.25) is 0 Å².